The van der Waals surface area contributed by atoms with E-state index in [0.717, 1.165) is 30.7 Å². The molecular formula is C19H39BrN2O2. The first-order chi connectivity index (χ1) is 11.1. The summed E-state index contributed by atoms with van der Waals surface area (Å²) in [5.74, 6) is 0. The normalized spacial score (nSPS) is 16.5. The van der Waals surface area contributed by atoms with Crippen LogP contribution in [0.3, 0.4) is 0 Å². The Morgan fingerprint density at radius 1 is 0.917 bits per heavy atom. The average Bonchev–Trinajstić information content (AvgIpc) is 2.54. The first-order valence-corrected chi connectivity index (χ1v) is 9.86. The molecule has 0 N–H and O–H groups in total. The molecule has 1 heterocycles. The van der Waals surface area contributed by atoms with E-state index in [1.54, 1.807) is 0 Å². The molecule has 4 nitrogen and oxygen atoms in total. The summed E-state index contributed by atoms with van der Waals surface area (Å²) in [7, 11) is 2.34. The van der Waals surface area contributed by atoms with Crippen molar-refractivity contribution >= 4 is 6.09 Å². The molecule has 0 aliphatic carbocycles. The molecular weight excluding hydrogens is 368 g/mol. The highest BCUT2D eigenvalue weighted by Gasteiger charge is 2.30. The Balaban J connectivity index is 0.00000529. The van der Waals surface area contributed by atoms with E-state index in [0.29, 0.717) is 6.61 Å². The Hall–Kier alpha value is -0.290. The molecule has 0 bridgehead atoms. The van der Waals surface area contributed by atoms with Gasteiger partial charge in [0.25, 0.3) is 0 Å². The molecule has 5 heteroatoms. The van der Waals surface area contributed by atoms with Gasteiger partial charge in [-0.05, 0) is 19.8 Å². The van der Waals surface area contributed by atoms with Crippen LogP contribution in [0.4, 0.5) is 4.79 Å². The van der Waals surface area contributed by atoms with E-state index < -0.39 is 0 Å². The minimum Gasteiger partial charge on any atom is -1.00 e. The molecule has 0 saturated carbocycles. The van der Waals surface area contributed by atoms with Crippen molar-refractivity contribution < 1.29 is 31.0 Å². The molecule has 1 rings (SSSR count). The maximum absolute atomic E-state index is 11.7. The second-order valence-corrected chi connectivity index (χ2v) is 7.30. The number of nitrogens with zero attached hydrogens (tertiary/aromatic N) is 2. The third-order valence-corrected chi connectivity index (χ3v) is 5.15. The molecule has 0 aromatic carbocycles. The van der Waals surface area contributed by atoms with Crippen molar-refractivity contribution in [2.45, 2.75) is 71.6 Å². The van der Waals surface area contributed by atoms with Gasteiger partial charge in [0, 0.05) is 0 Å². The van der Waals surface area contributed by atoms with Crippen LogP contribution in [0.25, 0.3) is 0 Å². The zero-order chi connectivity index (χ0) is 17.0. The van der Waals surface area contributed by atoms with Crippen molar-refractivity contribution in [3.8, 4) is 0 Å². The van der Waals surface area contributed by atoms with Crippen LogP contribution in [0, 0.1) is 0 Å². The Labute approximate surface area is 160 Å². The molecule has 1 amide bonds. The zero-order valence-corrected chi connectivity index (χ0v) is 17.8. The molecule has 1 saturated heterocycles. The van der Waals surface area contributed by atoms with Crippen molar-refractivity contribution in [2.75, 3.05) is 46.4 Å². The minimum atomic E-state index is -0.137. The fraction of sp³-hybridized carbons (Fsp3) is 0.947. The van der Waals surface area contributed by atoms with Crippen molar-refractivity contribution in [3.63, 3.8) is 0 Å². The lowest BCUT2D eigenvalue weighted by atomic mass is 10.1. The molecule has 1 fully saturated rings. The Bertz CT molecular complexity index is 318. The third kappa shape index (κ3) is 9.87. The molecule has 0 aromatic rings. The number of amides is 1. The molecule has 0 unspecified atom stereocenters. The van der Waals surface area contributed by atoms with E-state index in [1.807, 2.05) is 11.8 Å². The maximum Gasteiger partial charge on any atom is 0.410 e. The lowest BCUT2D eigenvalue weighted by Crippen LogP contribution is -3.00. The van der Waals surface area contributed by atoms with E-state index in [-0.39, 0.29) is 23.1 Å². The SMILES string of the molecule is CCCCCCCCCCC[N+]1(C)CCN(C(=O)OCC)CC1.[Br-]. The number of hydrogen-bond donors (Lipinski definition) is 0. The Morgan fingerprint density at radius 3 is 1.92 bits per heavy atom. The number of rotatable bonds is 11. The van der Waals surface area contributed by atoms with Gasteiger partial charge in [-0.3, -0.25) is 4.90 Å². The molecule has 24 heavy (non-hydrogen) atoms. The standard InChI is InChI=1S/C19H39N2O2.BrH/c1-4-6-7-8-9-10-11-12-13-16-21(3)17-14-20(15-18-21)19(22)23-5-2;/h4-18H2,1-3H3;1H/q+1;/p-1. The van der Waals surface area contributed by atoms with Crippen LogP contribution in [0.1, 0.15) is 71.6 Å². The second kappa shape index (κ2) is 13.9. The largest absolute Gasteiger partial charge is 1.00 e. The van der Waals surface area contributed by atoms with Crippen LogP contribution >= 0.6 is 0 Å². The van der Waals surface area contributed by atoms with Crippen molar-refractivity contribution in [3.05, 3.63) is 0 Å². The Morgan fingerprint density at radius 2 is 1.42 bits per heavy atom. The third-order valence-electron chi connectivity index (χ3n) is 5.15. The van der Waals surface area contributed by atoms with E-state index in [2.05, 4.69) is 14.0 Å². The number of unbranched alkanes of at least 4 members (excludes halogenated alkanes) is 8. The quantitative estimate of drug-likeness (QED) is 0.383. The highest BCUT2D eigenvalue weighted by molar-refractivity contribution is 5.67. The van der Waals surface area contributed by atoms with Gasteiger partial charge in [0.2, 0.25) is 0 Å². The summed E-state index contributed by atoms with van der Waals surface area (Å²) in [5, 5.41) is 0. The van der Waals surface area contributed by atoms with Crippen LogP contribution in [0.5, 0.6) is 0 Å². The maximum atomic E-state index is 11.7. The molecule has 0 spiro atoms. The van der Waals surface area contributed by atoms with Crippen molar-refractivity contribution in [2.24, 2.45) is 0 Å². The predicted octanol–water partition coefficient (Wildman–Crippen LogP) is 1.44. The smallest absolute Gasteiger partial charge is 0.410 e. The van der Waals surface area contributed by atoms with Gasteiger partial charge in [-0.15, -0.1) is 0 Å². The number of hydrogen-bond acceptors (Lipinski definition) is 2. The summed E-state index contributed by atoms with van der Waals surface area (Å²) in [6, 6.07) is 0. The fourth-order valence-electron chi connectivity index (χ4n) is 3.37. The average molecular weight is 407 g/mol. The van der Waals surface area contributed by atoms with Crippen LogP contribution < -0.4 is 17.0 Å². The summed E-state index contributed by atoms with van der Waals surface area (Å²) in [5.41, 5.74) is 0. The van der Waals surface area contributed by atoms with Crippen molar-refractivity contribution in [1.29, 1.82) is 0 Å². The van der Waals surface area contributed by atoms with Crippen LogP contribution in [0.15, 0.2) is 0 Å². The molecule has 1 aliphatic rings. The summed E-state index contributed by atoms with van der Waals surface area (Å²) in [4.78, 5) is 13.6. The summed E-state index contributed by atoms with van der Waals surface area (Å²) >= 11 is 0. The van der Waals surface area contributed by atoms with E-state index in [9.17, 15) is 4.79 Å². The van der Waals surface area contributed by atoms with Crippen LogP contribution in [-0.2, 0) is 4.74 Å². The second-order valence-electron chi connectivity index (χ2n) is 7.30. The summed E-state index contributed by atoms with van der Waals surface area (Å²) in [6.45, 7) is 9.68. The van der Waals surface area contributed by atoms with Crippen molar-refractivity contribution in [1.82, 2.24) is 4.90 Å². The summed E-state index contributed by atoms with van der Waals surface area (Å²) in [6.07, 6.45) is 12.3. The number of ether oxygens (including phenoxy) is 1. The Kier molecular flexibility index (Phi) is 13.8. The van der Waals surface area contributed by atoms with Gasteiger partial charge in [0.05, 0.1) is 46.4 Å². The molecule has 144 valence electrons. The van der Waals surface area contributed by atoms with E-state index in [1.165, 1.54) is 64.3 Å². The van der Waals surface area contributed by atoms with Gasteiger partial charge in [-0.25, -0.2) is 4.79 Å². The number of piperazine rings is 1. The monoisotopic (exact) mass is 406 g/mol. The van der Waals surface area contributed by atoms with Gasteiger partial charge in [0.1, 0.15) is 0 Å². The van der Waals surface area contributed by atoms with Gasteiger partial charge in [-0.2, -0.15) is 0 Å². The molecule has 1 aliphatic heterocycles. The first-order valence-electron chi connectivity index (χ1n) is 9.86. The van der Waals surface area contributed by atoms with E-state index >= 15 is 0 Å². The number of halogens is 1. The van der Waals surface area contributed by atoms with E-state index in [4.69, 9.17) is 4.74 Å². The highest BCUT2D eigenvalue weighted by atomic mass is 79.9. The molecule has 0 atom stereocenters. The number of carbonyl (C=O) groups excluding carboxylic acids is 1. The zero-order valence-electron chi connectivity index (χ0n) is 16.2. The molecule has 0 radical (unpaired) electrons. The topological polar surface area (TPSA) is 29.5 Å². The minimum absolute atomic E-state index is 0. The van der Waals surface area contributed by atoms with Crippen LogP contribution in [-0.4, -0.2) is 61.9 Å². The van der Waals surface area contributed by atoms with Gasteiger partial charge in [0.15, 0.2) is 0 Å². The fourth-order valence-corrected chi connectivity index (χ4v) is 3.37. The number of likely N-dealkylation sites (N-methyl/N-ethyl adjacent to an activating group) is 1. The lowest BCUT2D eigenvalue weighted by molar-refractivity contribution is -0.913. The lowest BCUT2D eigenvalue weighted by Gasteiger charge is -2.41. The first kappa shape index (κ1) is 23.7. The number of carbonyl (C=O) groups is 1. The van der Waals surface area contributed by atoms with Crippen LogP contribution in [0.2, 0.25) is 0 Å². The molecule has 0 aromatic heterocycles. The number of quaternary nitrogens is 1. The van der Waals surface area contributed by atoms with Gasteiger partial charge in [-0.1, -0.05) is 51.9 Å². The predicted molar refractivity (Wildman–Crippen MR) is 96.6 cm³/mol. The van der Waals surface area contributed by atoms with Gasteiger partial charge >= 0.3 is 6.09 Å². The van der Waals surface area contributed by atoms with Gasteiger partial charge < -0.3 is 26.2 Å². The summed E-state index contributed by atoms with van der Waals surface area (Å²) < 4.78 is 6.21. The highest BCUT2D eigenvalue weighted by Crippen LogP contribution is 2.15.